The first-order valence-electron chi connectivity index (χ1n) is 4.73. The van der Waals surface area contributed by atoms with E-state index >= 15 is 0 Å². The molecule has 1 atom stereocenters. The van der Waals surface area contributed by atoms with Gasteiger partial charge in [-0.3, -0.25) is 4.79 Å². The molecule has 0 aliphatic carbocycles. The fraction of sp³-hybridized carbons (Fsp3) is 0.600. The molecular formula is C10H14N2O. The highest BCUT2D eigenvalue weighted by molar-refractivity contribution is 5.74. The molecule has 70 valence electrons. The van der Waals surface area contributed by atoms with Gasteiger partial charge in [0.25, 0.3) is 0 Å². The molecule has 0 spiro atoms. The number of hydrogen-bond acceptors (Lipinski definition) is 2. The Kier molecular flexibility index (Phi) is 1.94. The third-order valence-electron chi connectivity index (χ3n) is 2.76. The zero-order valence-corrected chi connectivity index (χ0v) is 8.08. The van der Waals surface area contributed by atoms with E-state index in [4.69, 9.17) is 0 Å². The first-order valence-corrected chi connectivity index (χ1v) is 4.73. The number of imidazole rings is 1. The van der Waals surface area contributed by atoms with Gasteiger partial charge >= 0.3 is 0 Å². The fourth-order valence-corrected chi connectivity index (χ4v) is 1.96. The summed E-state index contributed by atoms with van der Waals surface area (Å²) in [6.45, 7) is 5.08. The van der Waals surface area contributed by atoms with Gasteiger partial charge in [-0.15, -0.1) is 0 Å². The van der Waals surface area contributed by atoms with E-state index in [0.717, 1.165) is 42.9 Å². The van der Waals surface area contributed by atoms with Gasteiger partial charge in [0.1, 0.15) is 11.5 Å². The summed E-state index contributed by atoms with van der Waals surface area (Å²) >= 11 is 0. The van der Waals surface area contributed by atoms with Gasteiger partial charge < -0.3 is 4.57 Å². The molecule has 0 aromatic carbocycles. The molecule has 3 heteroatoms. The highest BCUT2D eigenvalue weighted by Gasteiger charge is 2.20. The second-order valence-electron chi connectivity index (χ2n) is 3.87. The summed E-state index contributed by atoms with van der Waals surface area (Å²) in [4.78, 5) is 15.2. The molecule has 1 aliphatic heterocycles. The summed E-state index contributed by atoms with van der Waals surface area (Å²) in [5.41, 5.74) is 1.64. The molecule has 13 heavy (non-hydrogen) atoms. The Morgan fingerprint density at radius 3 is 3.08 bits per heavy atom. The Balaban J connectivity index is 2.46. The number of rotatable bonds is 1. The van der Waals surface area contributed by atoms with Crippen LogP contribution in [0.3, 0.4) is 0 Å². The average molecular weight is 178 g/mol. The maximum atomic E-state index is 10.8. The van der Waals surface area contributed by atoms with Gasteiger partial charge in [-0.25, -0.2) is 4.98 Å². The molecule has 1 aromatic rings. The predicted octanol–water partition coefficient (Wildman–Crippen LogP) is 1.59. The van der Waals surface area contributed by atoms with Crippen molar-refractivity contribution in [2.75, 3.05) is 0 Å². The zero-order valence-electron chi connectivity index (χ0n) is 8.08. The standard InChI is InChI=1S/C10H14N2O/c1-7-3-4-12-9(6-13)8(2)11-10(12)5-7/h6-7H,3-5H2,1-2H3. The lowest BCUT2D eigenvalue weighted by Gasteiger charge is -2.20. The summed E-state index contributed by atoms with van der Waals surface area (Å²) in [7, 11) is 0. The van der Waals surface area contributed by atoms with Gasteiger partial charge in [-0.1, -0.05) is 6.92 Å². The van der Waals surface area contributed by atoms with Crippen LogP contribution in [0.25, 0.3) is 0 Å². The minimum absolute atomic E-state index is 0.703. The van der Waals surface area contributed by atoms with E-state index in [2.05, 4.69) is 16.5 Å². The number of nitrogens with zero attached hydrogens (tertiary/aromatic N) is 2. The predicted molar refractivity (Wildman–Crippen MR) is 49.8 cm³/mol. The van der Waals surface area contributed by atoms with E-state index < -0.39 is 0 Å². The number of fused-ring (bicyclic) bond motifs is 1. The molecule has 1 aromatic heterocycles. The largest absolute Gasteiger partial charge is 0.326 e. The fourth-order valence-electron chi connectivity index (χ4n) is 1.96. The molecule has 0 saturated carbocycles. The lowest BCUT2D eigenvalue weighted by molar-refractivity contribution is 0.111. The lowest BCUT2D eigenvalue weighted by Crippen LogP contribution is -2.18. The topological polar surface area (TPSA) is 34.9 Å². The molecule has 0 N–H and O–H groups in total. The molecule has 2 heterocycles. The summed E-state index contributed by atoms with van der Waals surface area (Å²) in [6, 6.07) is 0. The quantitative estimate of drug-likeness (QED) is 0.612. The summed E-state index contributed by atoms with van der Waals surface area (Å²) in [6.07, 6.45) is 3.08. The van der Waals surface area contributed by atoms with Gasteiger partial charge in [0, 0.05) is 13.0 Å². The second kappa shape index (κ2) is 2.98. The summed E-state index contributed by atoms with van der Waals surface area (Å²) < 4.78 is 2.06. The van der Waals surface area contributed by atoms with Crippen molar-refractivity contribution in [1.82, 2.24) is 9.55 Å². The van der Waals surface area contributed by atoms with E-state index in [1.807, 2.05) is 6.92 Å². The van der Waals surface area contributed by atoms with Crippen molar-refractivity contribution in [2.24, 2.45) is 5.92 Å². The lowest BCUT2D eigenvalue weighted by atomic mass is 10.0. The van der Waals surface area contributed by atoms with Crippen molar-refractivity contribution in [3.63, 3.8) is 0 Å². The molecule has 2 rings (SSSR count). The van der Waals surface area contributed by atoms with Crippen LogP contribution in [0.2, 0.25) is 0 Å². The van der Waals surface area contributed by atoms with Crippen LogP contribution in [0.4, 0.5) is 0 Å². The molecular weight excluding hydrogens is 164 g/mol. The van der Waals surface area contributed by atoms with Crippen LogP contribution in [0.1, 0.15) is 35.4 Å². The molecule has 1 unspecified atom stereocenters. The van der Waals surface area contributed by atoms with E-state index in [0.29, 0.717) is 5.92 Å². The van der Waals surface area contributed by atoms with E-state index in [1.165, 1.54) is 0 Å². The number of aryl methyl sites for hydroxylation is 1. The summed E-state index contributed by atoms with van der Waals surface area (Å²) in [5, 5.41) is 0. The third kappa shape index (κ3) is 1.28. The van der Waals surface area contributed by atoms with Gasteiger partial charge in [-0.2, -0.15) is 0 Å². The van der Waals surface area contributed by atoms with Crippen molar-refractivity contribution in [3.8, 4) is 0 Å². The van der Waals surface area contributed by atoms with Gasteiger partial charge in [-0.05, 0) is 19.3 Å². The Bertz CT molecular complexity index is 341. The Morgan fingerprint density at radius 1 is 1.62 bits per heavy atom. The van der Waals surface area contributed by atoms with Crippen molar-refractivity contribution >= 4 is 6.29 Å². The monoisotopic (exact) mass is 178 g/mol. The highest BCUT2D eigenvalue weighted by atomic mass is 16.1. The van der Waals surface area contributed by atoms with Crippen LogP contribution >= 0.6 is 0 Å². The van der Waals surface area contributed by atoms with Crippen LogP contribution in [0, 0.1) is 12.8 Å². The SMILES string of the molecule is Cc1nc2n(c1C=O)CCC(C)C2. The highest BCUT2D eigenvalue weighted by Crippen LogP contribution is 2.21. The maximum absolute atomic E-state index is 10.8. The number of carbonyl (C=O) groups is 1. The van der Waals surface area contributed by atoms with Crippen molar-refractivity contribution in [1.29, 1.82) is 0 Å². The molecule has 0 fully saturated rings. The van der Waals surface area contributed by atoms with Crippen LogP contribution in [0.5, 0.6) is 0 Å². The smallest absolute Gasteiger partial charge is 0.168 e. The Morgan fingerprint density at radius 2 is 2.38 bits per heavy atom. The minimum Gasteiger partial charge on any atom is -0.326 e. The average Bonchev–Trinajstić information content (AvgIpc) is 2.39. The van der Waals surface area contributed by atoms with Crippen LogP contribution in [0.15, 0.2) is 0 Å². The molecule has 0 radical (unpaired) electrons. The van der Waals surface area contributed by atoms with E-state index in [-0.39, 0.29) is 0 Å². The van der Waals surface area contributed by atoms with Crippen molar-refractivity contribution in [3.05, 3.63) is 17.2 Å². The molecule has 0 saturated heterocycles. The first kappa shape index (κ1) is 8.48. The molecule has 3 nitrogen and oxygen atoms in total. The van der Waals surface area contributed by atoms with E-state index in [1.54, 1.807) is 0 Å². The second-order valence-corrected chi connectivity index (χ2v) is 3.87. The van der Waals surface area contributed by atoms with Gasteiger partial charge in [0.05, 0.1) is 5.69 Å². The van der Waals surface area contributed by atoms with Gasteiger partial charge in [0.15, 0.2) is 6.29 Å². The molecule has 0 bridgehead atoms. The Labute approximate surface area is 77.8 Å². The normalized spacial score (nSPS) is 21.2. The number of aromatic nitrogens is 2. The van der Waals surface area contributed by atoms with E-state index in [9.17, 15) is 4.79 Å². The maximum Gasteiger partial charge on any atom is 0.168 e. The number of hydrogen-bond donors (Lipinski definition) is 0. The zero-order chi connectivity index (χ0) is 9.42. The number of aldehydes is 1. The molecule has 0 amide bonds. The molecule has 1 aliphatic rings. The van der Waals surface area contributed by atoms with Crippen LogP contribution in [-0.2, 0) is 13.0 Å². The van der Waals surface area contributed by atoms with Crippen molar-refractivity contribution in [2.45, 2.75) is 33.2 Å². The van der Waals surface area contributed by atoms with Gasteiger partial charge in [0.2, 0.25) is 0 Å². The third-order valence-corrected chi connectivity index (χ3v) is 2.76. The Hall–Kier alpha value is -1.12. The van der Waals surface area contributed by atoms with Crippen molar-refractivity contribution < 1.29 is 4.79 Å². The summed E-state index contributed by atoms with van der Waals surface area (Å²) in [5.74, 6) is 1.78. The first-order chi connectivity index (χ1) is 6.22. The van der Waals surface area contributed by atoms with Crippen LogP contribution in [-0.4, -0.2) is 15.8 Å². The number of carbonyl (C=O) groups excluding carboxylic acids is 1. The minimum atomic E-state index is 0.703. The van der Waals surface area contributed by atoms with Crippen LogP contribution < -0.4 is 0 Å².